The maximum Gasteiger partial charge on any atom is 0.309 e. The second-order valence-electron chi connectivity index (χ2n) is 4.26. The van der Waals surface area contributed by atoms with Crippen LogP contribution in [0.25, 0.3) is 0 Å². The number of anilines is 1. The molecule has 0 atom stereocenters. The van der Waals surface area contributed by atoms with Gasteiger partial charge in [0.2, 0.25) is 0 Å². The molecule has 0 unspecified atom stereocenters. The predicted molar refractivity (Wildman–Crippen MR) is 83.4 cm³/mol. The molecule has 0 saturated carbocycles. The lowest BCUT2D eigenvalue weighted by atomic mass is 10.2. The minimum absolute atomic E-state index is 0.118. The Kier molecular flexibility index (Phi) is 6.93. The maximum atomic E-state index is 11.3. The number of nitrogens with one attached hydrogen (secondary N) is 1. The molecule has 0 bridgehead atoms. The number of methoxy groups -OCH3 is 1. The Morgan fingerprint density at radius 1 is 1.35 bits per heavy atom. The summed E-state index contributed by atoms with van der Waals surface area (Å²) in [5.41, 5.74) is 0.897. The summed E-state index contributed by atoms with van der Waals surface area (Å²) in [5, 5.41) is 3.84. The number of benzene rings is 1. The molecule has 1 aromatic carbocycles. The Balaban J connectivity index is 2.45. The molecular formula is C14H20N2O3S. The monoisotopic (exact) mass is 296 g/mol. The molecule has 0 saturated heterocycles. The van der Waals surface area contributed by atoms with Gasteiger partial charge in [0.15, 0.2) is 5.17 Å². The first-order chi connectivity index (χ1) is 9.56. The number of carbonyl (C=O) groups excluding carboxylic acids is 1. The summed E-state index contributed by atoms with van der Waals surface area (Å²) in [4.78, 5) is 15.4. The average Bonchev–Trinajstić information content (AvgIpc) is 2.46. The Bertz CT molecular complexity index is 458. The number of thioether (sulfide) groups is 1. The summed E-state index contributed by atoms with van der Waals surface area (Å²) < 4.78 is 10.2. The summed E-state index contributed by atoms with van der Waals surface area (Å²) in [6.45, 7) is 3.61. The van der Waals surface area contributed by atoms with Crippen LogP contribution in [-0.4, -0.2) is 31.2 Å². The summed E-state index contributed by atoms with van der Waals surface area (Å²) in [5.74, 6) is 0.709. The van der Waals surface area contributed by atoms with E-state index in [1.807, 2.05) is 24.3 Å². The molecule has 1 N–H and O–H groups in total. The maximum absolute atomic E-state index is 11.3. The molecule has 0 aliphatic rings. The lowest BCUT2D eigenvalue weighted by Gasteiger charge is -2.10. The number of rotatable bonds is 5. The number of esters is 1. The van der Waals surface area contributed by atoms with Gasteiger partial charge in [-0.05, 0) is 36.0 Å². The molecule has 0 aliphatic heterocycles. The van der Waals surface area contributed by atoms with E-state index in [1.54, 1.807) is 28.0 Å². The van der Waals surface area contributed by atoms with Gasteiger partial charge in [-0.2, -0.15) is 0 Å². The highest BCUT2D eigenvalue weighted by Crippen LogP contribution is 2.17. The van der Waals surface area contributed by atoms with Gasteiger partial charge >= 0.3 is 5.97 Å². The van der Waals surface area contributed by atoms with Gasteiger partial charge in [0.05, 0.1) is 13.0 Å². The Morgan fingerprint density at radius 2 is 2.00 bits per heavy atom. The number of carbonyl (C=O) groups is 1. The highest BCUT2D eigenvalue weighted by atomic mass is 32.2. The normalized spacial score (nSPS) is 11.3. The van der Waals surface area contributed by atoms with Crippen molar-refractivity contribution >= 4 is 28.6 Å². The van der Waals surface area contributed by atoms with E-state index < -0.39 is 0 Å². The zero-order valence-corrected chi connectivity index (χ0v) is 13.0. The van der Waals surface area contributed by atoms with Gasteiger partial charge in [-0.15, -0.1) is 0 Å². The van der Waals surface area contributed by atoms with Crippen LogP contribution in [-0.2, 0) is 9.53 Å². The third-order valence-corrected chi connectivity index (χ3v) is 3.21. The first kappa shape index (κ1) is 16.4. The highest BCUT2D eigenvalue weighted by molar-refractivity contribution is 8.14. The molecule has 1 aromatic rings. The van der Waals surface area contributed by atoms with E-state index in [2.05, 4.69) is 10.3 Å². The minimum atomic E-state index is -0.211. The van der Waals surface area contributed by atoms with Crippen molar-refractivity contribution in [1.29, 1.82) is 0 Å². The van der Waals surface area contributed by atoms with E-state index in [-0.39, 0.29) is 17.8 Å². The number of hydrogen-bond acceptors (Lipinski definition) is 5. The SMILES string of the molecule is CN=C(Nc1ccc(OC)cc1)SCOC(=O)C(C)C. The van der Waals surface area contributed by atoms with Crippen molar-refractivity contribution in [2.24, 2.45) is 10.9 Å². The van der Waals surface area contributed by atoms with Crippen molar-refractivity contribution in [3.63, 3.8) is 0 Å². The van der Waals surface area contributed by atoms with Gasteiger partial charge in [-0.25, -0.2) is 0 Å². The molecule has 20 heavy (non-hydrogen) atoms. The summed E-state index contributed by atoms with van der Waals surface area (Å²) >= 11 is 1.34. The van der Waals surface area contributed by atoms with Gasteiger partial charge in [-0.1, -0.05) is 13.8 Å². The third-order valence-electron chi connectivity index (χ3n) is 2.41. The first-order valence-electron chi connectivity index (χ1n) is 6.24. The van der Waals surface area contributed by atoms with Crippen LogP contribution in [0.4, 0.5) is 5.69 Å². The van der Waals surface area contributed by atoms with Gasteiger partial charge in [0.1, 0.15) is 11.7 Å². The molecule has 0 aliphatic carbocycles. The molecule has 1 rings (SSSR count). The summed E-state index contributed by atoms with van der Waals surface area (Å²) in [7, 11) is 3.31. The molecule has 0 heterocycles. The highest BCUT2D eigenvalue weighted by Gasteiger charge is 2.09. The van der Waals surface area contributed by atoms with Crippen LogP contribution in [0, 0.1) is 5.92 Å². The van der Waals surface area contributed by atoms with E-state index in [1.165, 1.54) is 11.8 Å². The lowest BCUT2D eigenvalue weighted by molar-refractivity contribution is -0.144. The van der Waals surface area contributed by atoms with Gasteiger partial charge < -0.3 is 14.8 Å². The zero-order chi connectivity index (χ0) is 15.0. The van der Waals surface area contributed by atoms with Crippen molar-refractivity contribution in [2.75, 3.05) is 25.4 Å². The number of aliphatic imine (C=N–C) groups is 1. The fraction of sp³-hybridized carbons (Fsp3) is 0.429. The molecule has 6 heteroatoms. The number of nitrogens with zero attached hydrogens (tertiary/aromatic N) is 1. The van der Waals surface area contributed by atoms with Crippen molar-refractivity contribution in [1.82, 2.24) is 0 Å². The smallest absolute Gasteiger partial charge is 0.309 e. The van der Waals surface area contributed by atoms with Crippen molar-refractivity contribution in [3.05, 3.63) is 24.3 Å². The third kappa shape index (κ3) is 5.52. The van der Waals surface area contributed by atoms with Crippen LogP contribution < -0.4 is 10.1 Å². The summed E-state index contributed by atoms with van der Waals surface area (Å²) in [6.07, 6.45) is 0. The fourth-order valence-corrected chi connectivity index (χ4v) is 1.87. The number of amidine groups is 1. The zero-order valence-electron chi connectivity index (χ0n) is 12.2. The van der Waals surface area contributed by atoms with Crippen molar-refractivity contribution in [3.8, 4) is 5.75 Å². The topological polar surface area (TPSA) is 59.9 Å². The van der Waals surface area contributed by atoms with Crippen LogP contribution in [0.5, 0.6) is 5.75 Å². The molecule has 0 amide bonds. The van der Waals surface area contributed by atoms with Crippen LogP contribution in [0.15, 0.2) is 29.3 Å². The first-order valence-corrected chi connectivity index (χ1v) is 7.22. The standard InChI is InChI=1S/C14H20N2O3S/c1-10(2)13(17)19-9-20-14(15-3)16-11-5-7-12(18-4)8-6-11/h5-8,10H,9H2,1-4H3,(H,15,16). The number of hydrogen-bond donors (Lipinski definition) is 1. The predicted octanol–water partition coefficient (Wildman–Crippen LogP) is 2.98. The molecule has 110 valence electrons. The average molecular weight is 296 g/mol. The van der Waals surface area contributed by atoms with Gasteiger partial charge in [-0.3, -0.25) is 9.79 Å². The molecule has 0 aromatic heterocycles. The van der Waals surface area contributed by atoms with Crippen molar-refractivity contribution in [2.45, 2.75) is 13.8 Å². The van der Waals surface area contributed by atoms with E-state index in [4.69, 9.17) is 9.47 Å². The molecule has 0 spiro atoms. The van der Waals surface area contributed by atoms with E-state index in [0.29, 0.717) is 5.17 Å². The van der Waals surface area contributed by atoms with Crippen LogP contribution >= 0.6 is 11.8 Å². The second-order valence-corrected chi connectivity index (χ2v) is 5.17. The second kappa shape index (κ2) is 8.47. The molecule has 5 nitrogen and oxygen atoms in total. The van der Waals surface area contributed by atoms with Crippen LogP contribution in [0.2, 0.25) is 0 Å². The van der Waals surface area contributed by atoms with Crippen LogP contribution in [0.1, 0.15) is 13.8 Å². The van der Waals surface area contributed by atoms with E-state index in [9.17, 15) is 4.79 Å². The largest absolute Gasteiger partial charge is 0.497 e. The Hall–Kier alpha value is -1.69. The quantitative estimate of drug-likeness (QED) is 0.392. The Labute approximate surface area is 123 Å². The fourth-order valence-electron chi connectivity index (χ4n) is 1.26. The van der Waals surface area contributed by atoms with Gasteiger partial charge in [0.25, 0.3) is 0 Å². The van der Waals surface area contributed by atoms with Crippen LogP contribution in [0.3, 0.4) is 0 Å². The number of ether oxygens (including phenoxy) is 2. The Morgan fingerprint density at radius 3 is 2.50 bits per heavy atom. The minimum Gasteiger partial charge on any atom is -0.497 e. The van der Waals surface area contributed by atoms with E-state index in [0.717, 1.165) is 11.4 Å². The molecule has 0 radical (unpaired) electrons. The van der Waals surface area contributed by atoms with E-state index >= 15 is 0 Å². The lowest BCUT2D eigenvalue weighted by Crippen LogP contribution is -2.14. The molecular weight excluding hydrogens is 276 g/mol. The molecule has 0 fully saturated rings. The van der Waals surface area contributed by atoms with Crippen molar-refractivity contribution < 1.29 is 14.3 Å². The summed E-state index contributed by atoms with van der Waals surface area (Å²) in [6, 6.07) is 7.51. The van der Waals surface area contributed by atoms with Gasteiger partial charge in [0, 0.05) is 12.7 Å².